The van der Waals surface area contributed by atoms with Crippen LogP contribution >= 0.6 is 0 Å². The van der Waals surface area contributed by atoms with E-state index in [0.717, 1.165) is 5.57 Å². The molecule has 8 bridgehead atoms. The van der Waals surface area contributed by atoms with E-state index >= 15 is 0 Å². The van der Waals surface area contributed by atoms with E-state index in [1.165, 1.54) is 12.3 Å². The SMILES string of the molecule is C=CC1=C(C)C2=CC3=C(/C=C/NO)C(C)(O)C(=CC4=NC(=CC5=NC(=CC1=N2)C(C)=C5CCC(=O)N[C@@H](CC(=O)O)C(=O)O)C(CCC(=O)N[C@@H](CC(=O)O)C(=O)O)=C4C)N3. The molecule has 3 atom stereocenters. The van der Waals surface area contributed by atoms with Crippen LogP contribution in [0.5, 0.6) is 0 Å². The Kier molecular flexibility index (Phi) is 13.5. The van der Waals surface area contributed by atoms with E-state index in [2.05, 4.69) is 22.5 Å². The molecule has 0 aromatic carbocycles. The van der Waals surface area contributed by atoms with Gasteiger partial charge >= 0.3 is 23.9 Å². The fraction of sp³-hybridized carbons (Fsp3) is 0.310. The molecule has 0 saturated carbocycles. The minimum Gasteiger partial charge on any atom is -0.481 e. The zero-order valence-electron chi connectivity index (χ0n) is 33.6. The molecule has 0 saturated heterocycles. The van der Waals surface area contributed by atoms with Gasteiger partial charge in [0.25, 0.3) is 0 Å². The number of hydroxylamine groups is 1. The van der Waals surface area contributed by atoms with Crippen LogP contribution in [0.2, 0.25) is 0 Å². The van der Waals surface area contributed by atoms with Crippen LogP contribution < -0.4 is 21.4 Å². The molecule has 1 unspecified atom stereocenters. The number of aliphatic imine (C=N–C) groups is 3. The highest BCUT2D eigenvalue weighted by atomic mass is 16.5. The summed E-state index contributed by atoms with van der Waals surface area (Å²) >= 11 is 0. The Hall–Kier alpha value is -7.25. The predicted molar refractivity (Wildman–Crippen MR) is 220 cm³/mol. The maximum Gasteiger partial charge on any atom is 0.326 e. The highest BCUT2D eigenvalue weighted by molar-refractivity contribution is 6.18. The van der Waals surface area contributed by atoms with Crippen molar-refractivity contribution in [2.75, 3.05) is 0 Å². The fourth-order valence-electron chi connectivity index (χ4n) is 7.22. The molecule has 0 aliphatic carbocycles. The van der Waals surface area contributed by atoms with E-state index in [1.807, 2.05) is 12.4 Å². The first-order valence-corrected chi connectivity index (χ1v) is 18.9. The maximum absolute atomic E-state index is 13.1. The van der Waals surface area contributed by atoms with Gasteiger partial charge in [0, 0.05) is 35.9 Å². The van der Waals surface area contributed by atoms with Crippen LogP contribution in [0, 0.1) is 0 Å². The average molecular weight is 840 g/mol. The van der Waals surface area contributed by atoms with Crippen LogP contribution in [0.3, 0.4) is 0 Å². The normalized spacial score (nSPS) is 20.5. The second kappa shape index (κ2) is 18.3. The van der Waals surface area contributed by atoms with Gasteiger partial charge in [-0.15, -0.1) is 0 Å². The van der Waals surface area contributed by atoms with E-state index in [4.69, 9.17) is 25.2 Å². The quantitative estimate of drug-likeness (QED) is 0.0943. The van der Waals surface area contributed by atoms with Gasteiger partial charge < -0.3 is 41.5 Å². The Bertz CT molecular complexity index is 2410. The van der Waals surface area contributed by atoms with Crippen molar-refractivity contribution in [3.8, 4) is 0 Å². The summed E-state index contributed by atoms with van der Waals surface area (Å²) in [6, 6.07) is -3.33. The van der Waals surface area contributed by atoms with E-state index < -0.39 is 66.2 Å². The highest BCUT2D eigenvalue weighted by Gasteiger charge is 2.39. The topological polar surface area (TPSA) is 309 Å². The Morgan fingerprint density at radius 2 is 1.26 bits per heavy atom. The summed E-state index contributed by atoms with van der Waals surface area (Å²) < 4.78 is 0. The lowest BCUT2D eigenvalue weighted by Crippen LogP contribution is -2.42. The molecule has 0 spiro atoms. The summed E-state index contributed by atoms with van der Waals surface area (Å²) in [6.07, 6.45) is 8.93. The number of hydrogen-bond donors (Lipinski definition) is 10. The third-order valence-corrected chi connectivity index (χ3v) is 10.6. The van der Waals surface area contributed by atoms with Gasteiger partial charge in [0.15, 0.2) is 0 Å². The number of nitrogens with one attached hydrogen (secondary N) is 4. The molecular formula is C42H45N7O12. The van der Waals surface area contributed by atoms with Crippen molar-refractivity contribution < 1.29 is 59.5 Å². The van der Waals surface area contributed by atoms with Crippen molar-refractivity contribution in [3.05, 3.63) is 117 Å². The first-order valence-electron chi connectivity index (χ1n) is 18.9. The molecule has 0 aromatic heterocycles. The van der Waals surface area contributed by atoms with Crippen molar-refractivity contribution in [3.63, 3.8) is 0 Å². The van der Waals surface area contributed by atoms with Crippen molar-refractivity contribution in [1.29, 1.82) is 0 Å². The van der Waals surface area contributed by atoms with Crippen molar-refractivity contribution in [1.82, 2.24) is 21.4 Å². The van der Waals surface area contributed by atoms with Crippen molar-refractivity contribution in [2.45, 2.75) is 83.9 Å². The number of carboxylic acids is 4. The molecule has 19 nitrogen and oxygen atoms in total. The van der Waals surface area contributed by atoms with E-state index in [9.17, 15) is 49.3 Å². The molecule has 0 radical (unpaired) electrons. The summed E-state index contributed by atoms with van der Waals surface area (Å²) in [6.45, 7) is 10.9. The molecule has 2 amide bonds. The van der Waals surface area contributed by atoms with E-state index in [-0.39, 0.29) is 31.4 Å². The Morgan fingerprint density at radius 3 is 1.80 bits per heavy atom. The van der Waals surface area contributed by atoms with Gasteiger partial charge in [-0.05, 0) is 98.8 Å². The summed E-state index contributed by atoms with van der Waals surface area (Å²) in [5.74, 6) is -7.30. The number of rotatable bonds is 17. The Labute approximate surface area is 348 Å². The number of allylic oxidation sites excluding steroid dienone is 11. The van der Waals surface area contributed by atoms with Gasteiger partial charge in [-0.3, -0.25) is 29.9 Å². The van der Waals surface area contributed by atoms with Crippen LogP contribution in [-0.4, -0.2) is 101 Å². The summed E-state index contributed by atoms with van der Waals surface area (Å²) in [5, 5.41) is 66.4. The zero-order valence-corrected chi connectivity index (χ0v) is 33.6. The summed E-state index contributed by atoms with van der Waals surface area (Å²) in [5.41, 5.74) is 7.64. The minimum atomic E-state index is -1.67. The Balaban J connectivity index is 1.66. The van der Waals surface area contributed by atoms with Crippen LogP contribution in [0.15, 0.2) is 132 Å². The monoisotopic (exact) mass is 839 g/mol. The molecule has 5 aliphatic heterocycles. The Morgan fingerprint density at radius 1 is 0.738 bits per heavy atom. The number of aliphatic carboxylic acids is 4. The fourth-order valence-corrected chi connectivity index (χ4v) is 7.22. The van der Waals surface area contributed by atoms with Gasteiger partial charge in [-0.2, -0.15) is 0 Å². The molecule has 0 fully saturated rings. The molecule has 10 N–H and O–H groups in total. The number of nitrogens with zero attached hydrogens (tertiary/aromatic N) is 3. The molecule has 320 valence electrons. The number of aliphatic hydroxyl groups is 1. The van der Waals surface area contributed by atoms with Gasteiger partial charge in [0.2, 0.25) is 11.8 Å². The lowest BCUT2D eigenvalue weighted by Gasteiger charge is -2.20. The molecule has 5 heterocycles. The minimum absolute atomic E-state index is 0.00516. The molecular weight excluding hydrogens is 794 g/mol. The van der Waals surface area contributed by atoms with Crippen LogP contribution in [0.1, 0.15) is 66.2 Å². The second-order valence-electron chi connectivity index (χ2n) is 14.7. The lowest BCUT2D eigenvalue weighted by molar-refractivity contribution is -0.147. The molecule has 5 aliphatic rings. The molecule has 19 heteroatoms. The van der Waals surface area contributed by atoms with Crippen LogP contribution in [-0.2, 0) is 28.8 Å². The number of fused-ring (bicyclic) bond motifs is 5. The van der Waals surface area contributed by atoms with Crippen LogP contribution in [0.25, 0.3) is 0 Å². The van der Waals surface area contributed by atoms with E-state index in [1.54, 1.807) is 51.2 Å². The largest absolute Gasteiger partial charge is 0.481 e. The predicted octanol–water partition coefficient (Wildman–Crippen LogP) is 2.78. The first-order chi connectivity index (χ1) is 28.7. The number of hydrogen-bond acceptors (Lipinski definition) is 13. The maximum atomic E-state index is 13.1. The van der Waals surface area contributed by atoms with Gasteiger partial charge in [0.05, 0.1) is 52.8 Å². The van der Waals surface area contributed by atoms with Gasteiger partial charge in [0.1, 0.15) is 17.7 Å². The van der Waals surface area contributed by atoms with Gasteiger partial charge in [-0.1, -0.05) is 12.7 Å². The van der Waals surface area contributed by atoms with Crippen molar-refractivity contribution >= 4 is 52.8 Å². The third kappa shape index (κ3) is 9.97. The molecule has 61 heavy (non-hydrogen) atoms. The van der Waals surface area contributed by atoms with E-state index in [0.29, 0.717) is 73.4 Å². The number of carboxylic acid groups (broad SMARTS) is 4. The lowest BCUT2D eigenvalue weighted by atomic mass is 9.92. The van der Waals surface area contributed by atoms with Gasteiger partial charge in [-0.25, -0.2) is 24.6 Å². The highest BCUT2D eigenvalue weighted by Crippen LogP contribution is 2.40. The zero-order chi connectivity index (χ0) is 44.9. The number of carbonyl (C=O) groups excluding carboxylic acids is 2. The second-order valence-corrected chi connectivity index (χ2v) is 14.7. The first kappa shape index (κ1) is 44.8. The summed E-state index contributed by atoms with van der Waals surface area (Å²) in [4.78, 5) is 86.6. The molecule has 0 aromatic rings. The average Bonchev–Trinajstić information content (AvgIpc) is 3.81. The van der Waals surface area contributed by atoms with Crippen molar-refractivity contribution in [2.24, 2.45) is 15.0 Å². The standard InChI is InChI=1S/C42H45N7O12/c1-6-22-19(2)27-14-32-25(11-12-43-61)42(5,60)35(47-32)16-28-21(4)24(8-10-37(51)49-34(41(58)59)18-39(54)55)31(46-28)15-30-23(20(3)26(45-30)13-29(22)44-27)7-9-36(50)48-33(40(56)57)17-38(52)53/h6,11-16,33-34,43,47,60-61H,1,7-10,17-18H2,2-5H3,(H,48,50)(H,49,51)(H,52,53)(H,54,55)(H,56,57)(H,58,59)/b12-11+,26-13?,27-14?,31-15?,35-16?/t33-,34-,42?/m0/s1. The molecule has 5 rings (SSSR count). The smallest absolute Gasteiger partial charge is 0.326 e. The third-order valence-electron chi connectivity index (χ3n) is 10.6. The number of amides is 2. The summed E-state index contributed by atoms with van der Waals surface area (Å²) in [7, 11) is 0. The van der Waals surface area contributed by atoms with Crippen LogP contribution in [0.4, 0.5) is 0 Å². The number of carbonyl (C=O) groups is 6.